The number of aromatic nitrogens is 4. The summed E-state index contributed by atoms with van der Waals surface area (Å²) in [5.74, 6) is 0. The van der Waals surface area contributed by atoms with E-state index in [4.69, 9.17) is 0 Å². The average Bonchev–Trinajstić information content (AvgIpc) is 3.78. The Balaban J connectivity index is 1.04. The van der Waals surface area contributed by atoms with Crippen molar-refractivity contribution in [3.05, 3.63) is 146 Å². The van der Waals surface area contributed by atoms with Gasteiger partial charge < -0.3 is 0 Å². The molecule has 3 heterocycles. The third-order valence-corrected chi connectivity index (χ3v) is 10.5. The summed E-state index contributed by atoms with van der Waals surface area (Å²) in [5.41, 5.74) is 9.42. The first-order valence-electron chi connectivity index (χ1n) is 14.3. The van der Waals surface area contributed by atoms with Gasteiger partial charge in [-0.15, -0.1) is 0 Å². The molecule has 0 aliphatic rings. The predicted molar refractivity (Wildman–Crippen MR) is 179 cm³/mol. The van der Waals surface area contributed by atoms with E-state index in [0.29, 0.717) is 0 Å². The van der Waals surface area contributed by atoms with Crippen LogP contribution in [0.2, 0.25) is 0 Å². The van der Waals surface area contributed by atoms with E-state index in [1.165, 1.54) is 43.6 Å². The molecule has 5 heteroatoms. The van der Waals surface area contributed by atoms with Gasteiger partial charge in [0.2, 0.25) is 0 Å². The summed E-state index contributed by atoms with van der Waals surface area (Å²) in [6.07, 6.45) is 0. The van der Waals surface area contributed by atoms with Crippen molar-refractivity contribution in [3.8, 4) is 31.6 Å². The second-order valence-electron chi connectivity index (χ2n) is 10.7. The Labute approximate surface area is 253 Å². The first-order valence-corrected chi connectivity index (χ1v) is 16.1. The fourth-order valence-corrected chi connectivity index (χ4v) is 8.16. The van der Waals surface area contributed by atoms with Gasteiger partial charge in [-0.3, -0.25) is 0 Å². The van der Waals surface area contributed by atoms with Crippen LogP contribution in [0.3, 0.4) is 0 Å². The maximum atomic E-state index is 4.63. The van der Waals surface area contributed by atoms with Crippen LogP contribution < -0.4 is 0 Å². The minimum absolute atomic E-state index is 0.0305. The molecule has 0 amide bonds. The van der Waals surface area contributed by atoms with Crippen molar-refractivity contribution in [3.63, 3.8) is 0 Å². The first-order chi connectivity index (χ1) is 21.3. The molecule has 43 heavy (non-hydrogen) atoms. The van der Waals surface area contributed by atoms with Gasteiger partial charge in [0.25, 0.3) is 0 Å². The number of benzene rings is 6. The Bertz CT molecular complexity index is 2170. The van der Waals surface area contributed by atoms with Crippen LogP contribution in [0.4, 0.5) is 0 Å². The van der Waals surface area contributed by atoms with E-state index in [-0.39, 0.29) is 14.5 Å². The van der Waals surface area contributed by atoms with Gasteiger partial charge in [-0.05, 0) is 0 Å². The van der Waals surface area contributed by atoms with E-state index < -0.39 is 0 Å². The molecule has 0 aliphatic heterocycles. The van der Waals surface area contributed by atoms with Crippen LogP contribution in [-0.4, -0.2) is 33.8 Å². The van der Waals surface area contributed by atoms with Crippen LogP contribution in [0, 0.1) is 0 Å². The summed E-state index contributed by atoms with van der Waals surface area (Å²) >= 11 is 0.0305. The fourth-order valence-electron chi connectivity index (χ4n) is 6.36. The molecule has 0 aliphatic carbocycles. The van der Waals surface area contributed by atoms with Crippen molar-refractivity contribution in [1.82, 2.24) is 19.3 Å². The molecule has 0 saturated carbocycles. The summed E-state index contributed by atoms with van der Waals surface area (Å²) in [5, 5.41) is 14.3. The van der Waals surface area contributed by atoms with Gasteiger partial charge in [0, 0.05) is 0 Å². The second kappa shape index (κ2) is 9.67. The first kappa shape index (κ1) is 24.4. The number of hydrogen-bond donors (Lipinski definition) is 0. The fraction of sp³-hybridized carbons (Fsp3) is 0. The summed E-state index contributed by atoms with van der Waals surface area (Å²) in [4.78, 5) is 0. The summed E-state index contributed by atoms with van der Waals surface area (Å²) < 4.78 is 6.80. The molecule has 0 fully saturated rings. The number of rotatable bonds is 4. The number of nitrogens with zero attached hydrogens (tertiary/aromatic N) is 4. The van der Waals surface area contributed by atoms with E-state index in [2.05, 4.69) is 165 Å². The van der Waals surface area contributed by atoms with Crippen LogP contribution in [0.5, 0.6) is 0 Å². The van der Waals surface area contributed by atoms with E-state index in [1.54, 1.807) is 0 Å². The molecule has 3 aromatic heterocycles. The van der Waals surface area contributed by atoms with Gasteiger partial charge in [0.15, 0.2) is 0 Å². The second-order valence-corrected chi connectivity index (χ2v) is 12.8. The van der Waals surface area contributed by atoms with Crippen LogP contribution in [0.25, 0.3) is 75.2 Å². The van der Waals surface area contributed by atoms with E-state index in [1.807, 2.05) is 0 Å². The number of hydrogen-bond acceptors (Lipinski definition) is 2. The van der Waals surface area contributed by atoms with Crippen molar-refractivity contribution in [1.29, 1.82) is 0 Å². The zero-order chi connectivity index (χ0) is 28.3. The van der Waals surface area contributed by atoms with E-state index in [0.717, 1.165) is 31.6 Å². The molecule has 0 N–H and O–H groups in total. The molecule has 0 spiro atoms. The average molecular weight is 616 g/mol. The van der Waals surface area contributed by atoms with Crippen LogP contribution in [0.1, 0.15) is 0 Å². The standard InChI is InChI=1S/C38H24N4Se/c1-5-13-33-29(9-1)30-10-2-6-14-34(30)41(33)27-21-17-25(18-22-27)37-39-40-38(43-37)26-19-23-28(24-20-26)42-35-15-7-3-11-31(35)32-12-4-8-16-36(32)42/h1-24H. The SMILES string of the molecule is c1ccc2c(c1)c1ccccc1n2-c1ccc(-c2nnc(-c3ccc(-n4c5ccccc5c5ccccc54)cc3)[se]2)cc1. The summed E-state index contributed by atoms with van der Waals surface area (Å²) in [7, 11) is 0. The van der Waals surface area contributed by atoms with Crippen molar-refractivity contribution in [2.24, 2.45) is 0 Å². The third kappa shape index (κ3) is 3.83. The normalized spacial score (nSPS) is 11.7. The van der Waals surface area contributed by atoms with Crippen molar-refractivity contribution in [2.75, 3.05) is 0 Å². The Morgan fingerprint density at radius 2 is 0.651 bits per heavy atom. The molecule has 9 aromatic rings. The van der Waals surface area contributed by atoms with Gasteiger partial charge in [-0.2, -0.15) is 0 Å². The zero-order valence-corrected chi connectivity index (χ0v) is 24.8. The summed E-state index contributed by atoms with van der Waals surface area (Å²) in [6.45, 7) is 0. The Morgan fingerprint density at radius 3 is 0.977 bits per heavy atom. The quantitative estimate of drug-likeness (QED) is 0.185. The molecular weight excluding hydrogens is 591 g/mol. The molecule has 0 unspecified atom stereocenters. The number of fused-ring (bicyclic) bond motifs is 6. The van der Waals surface area contributed by atoms with Crippen LogP contribution in [0.15, 0.2) is 146 Å². The molecule has 0 atom stereocenters. The molecule has 6 aromatic carbocycles. The summed E-state index contributed by atoms with van der Waals surface area (Å²) in [6, 6.07) is 52.0. The van der Waals surface area contributed by atoms with Gasteiger partial charge in [0.1, 0.15) is 0 Å². The van der Waals surface area contributed by atoms with Gasteiger partial charge in [-0.25, -0.2) is 0 Å². The van der Waals surface area contributed by atoms with Crippen LogP contribution in [-0.2, 0) is 0 Å². The molecule has 0 bridgehead atoms. The molecule has 4 nitrogen and oxygen atoms in total. The Kier molecular flexibility index (Phi) is 5.48. The van der Waals surface area contributed by atoms with Crippen molar-refractivity contribution < 1.29 is 0 Å². The number of para-hydroxylation sites is 4. The molecule has 0 radical (unpaired) electrons. The minimum atomic E-state index is 0.0305. The topological polar surface area (TPSA) is 35.6 Å². The third-order valence-electron chi connectivity index (χ3n) is 8.33. The predicted octanol–water partition coefficient (Wildman–Crippen LogP) is 9.06. The monoisotopic (exact) mass is 616 g/mol. The Morgan fingerprint density at radius 1 is 0.349 bits per heavy atom. The molecule has 9 rings (SSSR count). The van der Waals surface area contributed by atoms with Crippen molar-refractivity contribution in [2.45, 2.75) is 0 Å². The van der Waals surface area contributed by atoms with Gasteiger partial charge in [0.05, 0.1) is 0 Å². The van der Waals surface area contributed by atoms with Crippen LogP contribution >= 0.6 is 0 Å². The van der Waals surface area contributed by atoms with Gasteiger partial charge in [-0.1, -0.05) is 0 Å². The molecular formula is C38H24N4Se. The Hall–Kier alpha value is -5.22. The molecule has 202 valence electrons. The zero-order valence-electron chi connectivity index (χ0n) is 23.1. The molecule has 0 saturated heterocycles. The maximum absolute atomic E-state index is 4.63. The van der Waals surface area contributed by atoms with Gasteiger partial charge >= 0.3 is 255 Å². The van der Waals surface area contributed by atoms with E-state index in [9.17, 15) is 0 Å². The van der Waals surface area contributed by atoms with E-state index >= 15 is 0 Å². The van der Waals surface area contributed by atoms with Crippen molar-refractivity contribution >= 4 is 58.1 Å².